The number of hydrogen-bond donors (Lipinski definition) is 1. The third kappa shape index (κ3) is 5.82. The third-order valence-electron chi connectivity index (χ3n) is 9.84. The molecule has 8 heteroatoms. The molecule has 1 amide bonds. The van der Waals surface area contributed by atoms with Gasteiger partial charge in [-0.05, 0) is 62.9 Å². The van der Waals surface area contributed by atoms with Crippen LogP contribution in [0.4, 0.5) is 5.69 Å². The number of amides is 1. The minimum Gasteiger partial charge on any atom is -0.369 e. The number of likely N-dealkylation sites (tertiary alicyclic amines) is 1. The molecule has 4 unspecified atom stereocenters. The Balaban J connectivity index is 1.23. The van der Waals surface area contributed by atoms with Crippen molar-refractivity contribution in [2.75, 3.05) is 50.8 Å². The normalized spacial score (nSPS) is 29.0. The number of nitrogens with one attached hydrogen (secondary N) is 1. The molecule has 5 aliphatic rings. The van der Waals surface area contributed by atoms with E-state index in [1.165, 1.54) is 6.42 Å². The maximum Gasteiger partial charge on any atom is 0.253 e. The second kappa shape index (κ2) is 12.2. The Hall–Kier alpha value is -2.73. The average molecular weight is 561 g/mol. The average Bonchev–Trinajstić information content (AvgIpc) is 3.66. The molecular formula is C33H44N4O4. The van der Waals surface area contributed by atoms with Crippen LogP contribution in [0.15, 0.2) is 24.3 Å². The molecule has 3 heterocycles. The number of carbonyl (C=O) groups is 3. The smallest absolute Gasteiger partial charge is 0.253 e. The first kappa shape index (κ1) is 28.4. The van der Waals surface area contributed by atoms with Gasteiger partial charge in [0.15, 0.2) is 17.7 Å². The fourth-order valence-electron chi connectivity index (χ4n) is 7.38. The van der Waals surface area contributed by atoms with E-state index in [4.69, 9.17) is 4.74 Å². The van der Waals surface area contributed by atoms with Crippen molar-refractivity contribution in [3.8, 4) is 11.8 Å². The van der Waals surface area contributed by atoms with Gasteiger partial charge in [-0.25, -0.2) is 0 Å². The summed E-state index contributed by atoms with van der Waals surface area (Å²) in [7, 11) is 0. The van der Waals surface area contributed by atoms with Crippen molar-refractivity contribution in [2.45, 2.75) is 76.1 Å². The van der Waals surface area contributed by atoms with Gasteiger partial charge in [-0.15, -0.1) is 0 Å². The lowest BCUT2D eigenvalue weighted by atomic mass is 9.78. The van der Waals surface area contributed by atoms with E-state index in [1.807, 2.05) is 29.2 Å². The van der Waals surface area contributed by atoms with Gasteiger partial charge in [-0.2, -0.15) is 0 Å². The molecule has 220 valence electrons. The highest BCUT2D eigenvalue weighted by Crippen LogP contribution is 2.42. The number of hydrogen-bond acceptors (Lipinski definition) is 7. The second-order valence-electron chi connectivity index (χ2n) is 12.6. The quantitative estimate of drug-likeness (QED) is 0.387. The van der Waals surface area contributed by atoms with Crippen molar-refractivity contribution < 1.29 is 19.1 Å². The Morgan fingerprint density at radius 1 is 1.05 bits per heavy atom. The molecule has 0 aromatic heterocycles. The van der Waals surface area contributed by atoms with E-state index in [9.17, 15) is 14.4 Å². The van der Waals surface area contributed by atoms with Crippen LogP contribution in [0, 0.1) is 29.6 Å². The number of carbonyl (C=O) groups excluding carboxylic acids is 3. The maximum atomic E-state index is 13.8. The van der Waals surface area contributed by atoms with Gasteiger partial charge < -0.3 is 15.0 Å². The molecule has 2 aliphatic carbocycles. The molecule has 1 aromatic rings. The summed E-state index contributed by atoms with van der Waals surface area (Å²) in [5, 5.41) is 3.20. The molecule has 0 bridgehead atoms. The van der Waals surface area contributed by atoms with Crippen LogP contribution in [0.25, 0.3) is 0 Å². The number of rotatable bonds is 8. The van der Waals surface area contributed by atoms with E-state index in [-0.39, 0.29) is 36.2 Å². The molecular weight excluding hydrogens is 516 g/mol. The zero-order chi connectivity index (χ0) is 28.4. The number of anilines is 1. The maximum absolute atomic E-state index is 13.8. The summed E-state index contributed by atoms with van der Waals surface area (Å²) >= 11 is 0. The first-order valence-electron chi connectivity index (χ1n) is 15.8. The highest BCUT2D eigenvalue weighted by Gasteiger charge is 2.59. The van der Waals surface area contributed by atoms with Crippen molar-refractivity contribution in [2.24, 2.45) is 17.8 Å². The number of fused-ring (bicyclic) bond motifs is 1. The Kier molecular flexibility index (Phi) is 8.48. The van der Waals surface area contributed by atoms with E-state index in [2.05, 4.69) is 33.9 Å². The molecule has 3 saturated heterocycles. The summed E-state index contributed by atoms with van der Waals surface area (Å²) < 4.78 is 5.96. The van der Waals surface area contributed by atoms with Crippen LogP contribution in [0.1, 0.15) is 68.6 Å². The monoisotopic (exact) mass is 560 g/mol. The standard InChI is InChI=1S/C33H44N4O4/c1-2-16-35-17-19-36(20-18-35)28-14-12-25(13-15-28)32(40)34-33(23-38,27-6-4-3-5-7-27)37-21-26(11-10-24-8-9-24)31-30(37)29(39)22-41-31/h12-15,23-24,26-27,30-31H,2-9,16-22H2,1H3,(H,34,40). The van der Waals surface area contributed by atoms with E-state index in [1.54, 1.807) is 0 Å². The molecule has 0 radical (unpaired) electrons. The molecule has 0 spiro atoms. The van der Waals surface area contributed by atoms with Crippen molar-refractivity contribution >= 4 is 23.7 Å². The number of benzene rings is 1. The van der Waals surface area contributed by atoms with Crippen LogP contribution in [0.3, 0.4) is 0 Å². The highest BCUT2D eigenvalue weighted by molar-refractivity contribution is 5.97. The lowest BCUT2D eigenvalue weighted by molar-refractivity contribution is -0.132. The molecule has 6 rings (SSSR count). The van der Waals surface area contributed by atoms with Gasteiger partial charge in [0.25, 0.3) is 5.91 Å². The lowest BCUT2D eigenvalue weighted by Crippen LogP contribution is -2.68. The Bertz CT molecular complexity index is 1170. The Morgan fingerprint density at radius 3 is 2.44 bits per heavy atom. The van der Waals surface area contributed by atoms with Gasteiger partial charge in [0.2, 0.25) is 0 Å². The van der Waals surface area contributed by atoms with Crippen molar-refractivity contribution in [3.63, 3.8) is 0 Å². The molecule has 1 aromatic carbocycles. The molecule has 2 saturated carbocycles. The third-order valence-corrected chi connectivity index (χ3v) is 9.84. The summed E-state index contributed by atoms with van der Waals surface area (Å²) in [6.07, 6.45) is 8.78. The van der Waals surface area contributed by atoms with Crippen LogP contribution < -0.4 is 10.2 Å². The fraction of sp³-hybridized carbons (Fsp3) is 0.667. The van der Waals surface area contributed by atoms with Crippen LogP contribution in [-0.2, 0) is 14.3 Å². The number of nitrogens with zero attached hydrogens (tertiary/aromatic N) is 3. The minimum absolute atomic E-state index is 0.0228. The summed E-state index contributed by atoms with van der Waals surface area (Å²) in [5.41, 5.74) is 0.365. The fourth-order valence-corrected chi connectivity index (χ4v) is 7.38. The first-order valence-corrected chi connectivity index (χ1v) is 15.8. The predicted molar refractivity (Wildman–Crippen MR) is 157 cm³/mol. The zero-order valence-corrected chi connectivity index (χ0v) is 24.4. The topological polar surface area (TPSA) is 82.2 Å². The van der Waals surface area contributed by atoms with Gasteiger partial charge in [0.1, 0.15) is 12.6 Å². The van der Waals surface area contributed by atoms with Crippen molar-refractivity contribution in [1.29, 1.82) is 0 Å². The number of Topliss-reactive ketones (excluding diaryl/α,β-unsaturated/α-hetero) is 1. The first-order chi connectivity index (χ1) is 20.0. The van der Waals surface area contributed by atoms with Gasteiger partial charge in [-0.1, -0.05) is 38.0 Å². The van der Waals surface area contributed by atoms with Gasteiger partial charge in [0.05, 0.1) is 12.0 Å². The van der Waals surface area contributed by atoms with Gasteiger partial charge in [-0.3, -0.25) is 24.2 Å². The second-order valence-corrected chi connectivity index (χ2v) is 12.6. The Morgan fingerprint density at radius 2 is 1.78 bits per heavy atom. The number of ether oxygens (including phenoxy) is 1. The molecule has 1 N–H and O–H groups in total. The van der Waals surface area contributed by atoms with E-state index in [0.29, 0.717) is 18.0 Å². The van der Waals surface area contributed by atoms with E-state index in [0.717, 1.165) is 89.6 Å². The van der Waals surface area contributed by atoms with E-state index < -0.39 is 11.7 Å². The van der Waals surface area contributed by atoms with Gasteiger partial charge >= 0.3 is 0 Å². The number of piperazine rings is 1. The van der Waals surface area contributed by atoms with Crippen LogP contribution in [0.2, 0.25) is 0 Å². The molecule has 4 atom stereocenters. The molecule has 3 aliphatic heterocycles. The van der Waals surface area contributed by atoms with Crippen LogP contribution in [-0.4, -0.2) is 91.5 Å². The molecule has 41 heavy (non-hydrogen) atoms. The zero-order valence-electron chi connectivity index (χ0n) is 24.4. The SMILES string of the molecule is CCCN1CCN(c2ccc(C(=O)NC(C=O)(C3CCCCC3)N3CC(C#CC4CC4)C4OCC(=O)C43)cc2)CC1. The summed E-state index contributed by atoms with van der Waals surface area (Å²) in [6.45, 7) is 7.87. The summed E-state index contributed by atoms with van der Waals surface area (Å²) in [6, 6.07) is 7.18. The van der Waals surface area contributed by atoms with Gasteiger partial charge in [0, 0.05) is 55.8 Å². The summed E-state index contributed by atoms with van der Waals surface area (Å²) in [5.74, 6) is 6.66. The molecule has 5 fully saturated rings. The number of aldehydes is 1. The Labute approximate surface area is 244 Å². The van der Waals surface area contributed by atoms with Crippen molar-refractivity contribution in [3.05, 3.63) is 29.8 Å². The van der Waals surface area contributed by atoms with Crippen LogP contribution in [0.5, 0.6) is 0 Å². The minimum atomic E-state index is -1.27. The van der Waals surface area contributed by atoms with Crippen LogP contribution >= 0.6 is 0 Å². The lowest BCUT2D eigenvalue weighted by Gasteiger charge is -2.46. The largest absolute Gasteiger partial charge is 0.369 e. The molecule has 8 nitrogen and oxygen atoms in total. The van der Waals surface area contributed by atoms with Crippen molar-refractivity contribution in [1.82, 2.24) is 15.1 Å². The predicted octanol–water partition coefficient (Wildman–Crippen LogP) is 3.11. The summed E-state index contributed by atoms with van der Waals surface area (Å²) in [4.78, 5) is 47.1. The van der Waals surface area contributed by atoms with E-state index >= 15 is 0 Å². The highest BCUT2D eigenvalue weighted by atomic mass is 16.5. The number of ketones is 1.